The highest BCUT2D eigenvalue weighted by atomic mass is 16.5. The van der Waals surface area contributed by atoms with Crippen LogP contribution in [0.5, 0.6) is 0 Å². The summed E-state index contributed by atoms with van der Waals surface area (Å²) >= 11 is 0. The lowest BCUT2D eigenvalue weighted by Gasteiger charge is -2.20. The first-order chi connectivity index (χ1) is 7.88. The summed E-state index contributed by atoms with van der Waals surface area (Å²) in [6.45, 7) is 12.9. The molecule has 0 amide bonds. The highest BCUT2D eigenvalue weighted by molar-refractivity contribution is 5.16. The molecule has 17 heavy (non-hydrogen) atoms. The molecule has 0 spiro atoms. The molecule has 1 heterocycles. The monoisotopic (exact) mass is 239 g/mol. The minimum absolute atomic E-state index is 0.118. The van der Waals surface area contributed by atoms with Gasteiger partial charge in [-0.15, -0.1) is 0 Å². The van der Waals surface area contributed by atoms with Crippen molar-refractivity contribution >= 4 is 0 Å². The Bertz CT molecular complexity index is 323. The number of furan rings is 1. The first-order valence-electron chi connectivity index (χ1n) is 6.26. The van der Waals surface area contributed by atoms with Crippen LogP contribution >= 0.6 is 0 Å². The van der Waals surface area contributed by atoms with Crippen LogP contribution in [0, 0.1) is 5.92 Å². The highest BCUT2D eigenvalue weighted by Crippen LogP contribution is 2.13. The maximum atomic E-state index is 5.59. The third kappa shape index (κ3) is 5.89. The Kier molecular flexibility index (Phi) is 5.22. The van der Waals surface area contributed by atoms with Crippen molar-refractivity contribution in [3.05, 3.63) is 23.7 Å². The van der Waals surface area contributed by atoms with Crippen molar-refractivity contribution in [2.24, 2.45) is 5.92 Å². The van der Waals surface area contributed by atoms with Gasteiger partial charge in [0.2, 0.25) is 0 Å². The predicted octanol–water partition coefficient (Wildman–Crippen LogP) is 3.34. The number of rotatable bonds is 6. The molecule has 0 aromatic carbocycles. The van der Waals surface area contributed by atoms with E-state index in [1.165, 1.54) is 5.56 Å². The van der Waals surface area contributed by atoms with Crippen molar-refractivity contribution in [1.29, 1.82) is 0 Å². The molecule has 0 unspecified atom stereocenters. The fraction of sp³-hybridized carbons (Fsp3) is 0.714. The highest BCUT2D eigenvalue weighted by Gasteiger charge is 2.12. The van der Waals surface area contributed by atoms with Crippen LogP contribution in [0.25, 0.3) is 0 Å². The van der Waals surface area contributed by atoms with Crippen molar-refractivity contribution in [2.45, 2.75) is 53.3 Å². The molecule has 0 aliphatic rings. The van der Waals surface area contributed by atoms with Crippen LogP contribution in [-0.4, -0.2) is 12.1 Å². The molecule has 1 aromatic rings. The molecule has 0 atom stereocenters. The molecule has 0 bridgehead atoms. The second-order valence-corrected chi connectivity index (χ2v) is 5.88. The smallest absolute Gasteiger partial charge is 0.133 e. The van der Waals surface area contributed by atoms with Gasteiger partial charge in [-0.1, -0.05) is 13.8 Å². The molecule has 98 valence electrons. The lowest BCUT2D eigenvalue weighted by atomic mass is 10.1. The predicted molar refractivity (Wildman–Crippen MR) is 69.8 cm³/mol. The SMILES string of the molecule is CC(C)COCc1occc1CNC(C)(C)C. The summed E-state index contributed by atoms with van der Waals surface area (Å²) < 4.78 is 11.0. The zero-order valence-corrected chi connectivity index (χ0v) is 11.7. The maximum absolute atomic E-state index is 5.59. The molecule has 0 radical (unpaired) electrons. The zero-order chi connectivity index (χ0) is 12.9. The zero-order valence-electron chi connectivity index (χ0n) is 11.7. The van der Waals surface area contributed by atoms with Gasteiger partial charge in [0.1, 0.15) is 12.4 Å². The Hall–Kier alpha value is -0.800. The molecular weight excluding hydrogens is 214 g/mol. The third-order valence-electron chi connectivity index (χ3n) is 2.33. The van der Waals surface area contributed by atoms with Crippen molar-refractivity contribution in [2.75, 3.05) is 6.61 Å². The van der Waals surface area contributed by atoms with Crippen LogP contribution in [0.1, 0.15) is 45.9 Å². The molecule has 0 aliphatic heterocycles. The van der Waals surface area contributed by atoms with Crippen molar-refractivity contribution in [3.8, 4) is 0 Å². The lowest BCUT2D eigenvalue weighted by molar-refractivity contribution is 0.0837. The van der Waals surface area contributed by atoms with Crippen molar-refractivity contribution in [1.82, 2.24) is 5.32 Å². The molecule has 0 aliphatic carbocycles. The van der Waals surface area contributed by atoms with E-state index in [1.54, 1.807) is 6.26 Å². The third-order valence-corrected chi connectivity index (χ3v) is 2.33. The standard InChI is InChI=1S/C14H25NO2/c1-11(2)9-16-10-13-12(6-7-17-13)8-15-14(3,4)5/h6-7,11,15H,8-10H2,1-5H3. The van der Waals surface area contributed by atoms with Gasteiger partial charge in [0, 0.05) is 24.3 Å². The summed E-state index contributed by atoms with van der Waals surface area (Å²) in [5.74, 6) is 1.49. The normalized spacial score (nSPS) is 12.4. The van der Waals surface area contributed by atoms with Gasteiger partial charge < -0.3 is 14.5 Å². The Labute approximate surface area is 105 Å². The fourth-order valence-corrected chi connectivity index (χ4v) is 1.40. The van der Waals surface area contributed by atoms with Crippen LogP contribution in [0.3, 0.4) is 0 Å². The second kappa shape index (κ2) is 6.22. The fourth-order valence-electron chi connectivity index (χ4n) is 1.40. The first kappa shape index (κ1) is 14.3. The largest absolute Gasteiger partial charge is 0.467 e. The van der Waals surface area contributed by atoms with E-state index < -0.39 is 0 Å². The number of hydrogen-bond donors (Lipinski definition) is 1. The van der Waals surface area contributed by atoms with E-state index in [0.29, 0.717) is 12.5 Å². The second-order valence-electron chi connectivity index (χ2n) is 5.88. The van der Waals surface area contributed by atoms with Gasteiger partial charge in [-0.25, -0.2) is 0 Å². The van der Waals surface area contributed by atoms with E-state index >= 15 is 0 Å². The van der Waals surface area contributed by atoms with Gasteiger partial charge >= 0.3 is 0 Å². The average Bonchev–Trinajstić information content (AvgIpc) is 2.61. The number of ether oxygens (including phenoxy) is 1. The van der Waals surface area contributed by atoms with Gasteiger partial charge in [-0.2, -0.15) is 0 Å². The summed E-state index contributed by atoms with van der Waals surface area (Å²) in [5, 5.41) is 3.45. The average molecular weight is 239 g/mol. The number of hydrogen-bond acceptors (Lipinski definition) is 3. The minimum atomic E-state index is 0.118. The van der Waals surface area contributed by atoms with E-state index in [4.69, 9.17) is 9.15 Å². The Morgan fingerprint density at radius 1 is 1.35 bits per heavy atom. The van der Waals surface area contributed by atoms with Gasteiger partial charge in [-0.3, -0.25) is 0 Å². The van der Waals surface area contributed by atoms with Gasteiger partial charge in [0.15, 0.2) is 0 Å². The quantitative estimate of drug-likeness (QED) is 0.826. The van der Waals surface area contributed by atoms with E-state index in [9.17, 15) is 0 Å². The van der Waals surface area contributed by atoms with Crippen LogP contribution < -0.4 is 5.32 Å². The van der Waals surface area contributed by atoms with Crippen molar-refractivity contribution < 1.29 is 9.15 Å². The van der Waals surface area contributed by atoms with Crippen LogP contribution in [0.4, 0.5) is 0 Å². The van der Waals surface area contributed by atoms with E-state index in [2.05, 4.69) is 39.9 Å². The molecule has 3 nitrogen and oxygen atoms in total. The Morgan fingerprint density at radius 2 is 2.06 bits per heavy atom. The molecule has 1 rings (SSSR count). The van der Waals surface area contributed by atoms with Gasteiger partial charge in [0.25, 0.3) is 0 Å². The topological polar surface area (TPSA) is 34.4 Å². The summed E-state index contributed by atoms with van der Waals surface area (Å²) in [5.41, 5.74) is 1.30. The summed E-state index contributed by atoms with van der Waals surface area (Å²) in [7, 11) is 0. The molecule has 0 saturated carbocycles. The van der Waals surface area contributed by atoms with E-state index in [0.717, 1.165) is 18.9 Å². The lowest BCUT2D eigenvalue weighted by Crippen LogP contribution is -2.35. The maximum Gasteiger partial charge on any atom is 0.133 e. The molecular formula is C14H25NO2. The summed E-state index contributed by atoms with van der Waals surface area (Å²) in [6.07, 6.45) is 1.73. The van der Waals surface area contributed by atoms with Crippen molar-refractivity contribution in [3.63, 3.8) is 0 Å². The molecule has 1 N–H and O–H groups in total. The van der Waals surface area contributed by atoms with Crippen LogP contribution in [-0.2, 0) is 17.9 Å². The summed E-state index contributed by atoms with van der Waals surface area (Å²) in [6, 6.07) is 2.01. The van der Waals surface area contributed by atoms with E-state index in [-0.39, 0.29) is 5.54 Å². The molecule has 0 saturated heterocycles. The molecule has 3 heteroatoms. The van der Waals surface area contributed by atoms with Crippen LogP contribution in [0.2, 0.25) is 0 Å². The molecule has 1 aromatic heterocycles. The Balaban J connectivity index is 2.43. The minimum Gasteiger partial charge on any atom is -0.467 e. The van der Waals surface area contributed by atoms with Gasteiger partial charge in [-0.05, 0) is 32.8 Å². The van der Waals surface area contributed by atoms with Gasteiger partial charge in [0.05, 0.1) is 6.26 Å². The molecule has 0 fully saturated rings. The van der Waals surface area contributed by atoms with E-state index in [1.807, 2.05) is 6.07 Å². The number of nitrogens with one attached hydrogen (secondary N) is 1. The Morgan fingerprint density at radius 3 is 2.65 bits per heavy atom. The van der Waals surface area contributed by atoms with Crippen LogP contribution in [0.15, 0.2) is 16.7 Å². The first-order valence-corrected chi connectivity index (χ1v) is 6.26. The summed E-state index contributed by atoms with van der Waals surface area (Å²) in [4.78, 5) is 0.